The summed E-state index contributed by atoms with van der Waals surface area (Å²) in [4.78, 5) is 37.2. The van der Waals surface area contributed by atoms with Gasteiger partial charge in [0.05, 0.1) is 5.41 Å². The molecule has 2 fully saturated rings. The van der Waals surface area contributed by atoms with Gasteiger partial charge in [-0.3, -0.25) is 9.59 Å². The summed E-state index contributed by atoms with van der Waals surface area (Å²) in [6, 6.07) is 4.86. The number of carbonyl (C=O) groups excluding carboxylic acids is 2. The molecular formula is C19H25N3O5. The summed E-state index contributed by atoms with van der Waals surface area (Å²) in [6.07, 6.45) is 2.39. The van der Waals surface area contributed by atoms with Gasteiger partial charge in [0, 0.05) is 25.8 Å². The lowest BCUT2D eigenvalue weighted by atomic mass is 9.81. The smallest absolute Gasteiger partial charge is 0.321 e. The van der Waals surface area contributed by atoms with Crippen molar-refractivity contribution in [3.63, 3.8) is 0 Å². The number of likely N-dealkylation sites (tertiary alicyclic amines) is 1. The van der Waals surface area contributed by atoms with Gasteiger partial charge < -0.3 is 25.4 Å². The maximum Gasteiger partial charge on any atom is 0.321 e. The van der Waals surface area contributed by atoms with Crippen molar-refractivity contribution >= 4 is 23.6 Å². The highest BCUT2D eigenvalue weighted by molar-refractivity contribution is 5.91. The molecule has 0 spiro atoms. The highest BCUT2D eigenvalue weighted by atomic mass is 16.5. The molecular weight excluding hydrogens is 350 g/mol. The summed E-state index contributed by atoms with van der Waals surface area (Å²) < 4.78 is 5.39. The van der Waals surface area contributed by atoms with Crippen LogP contribution in [0.3, 0.4) is 0 Å². The average Bonchev–Trinajstić information content (AvgIpc) is 3.20. The predicted octanol–water partition coefficient (Wildman–Crippen LogP) is 1.84. The van der Waals surface area contributed by atoms with Crippen molar-refractivity contribution < 1.29 is 24.2 Å². The molecule has 0 radical (unpaired) electrons. The summed E-state index contributed by atoms with van der Waals surface area (Å²) in [5.41, 5.74) is 0.642. The molecule has 2 atom stereocenters. The Labute approximate surface area is 157 Å². The van der Waals surface area contributed by atoms with Crippen molar-refractivity contribution in [2.24, 2.45) is 11.3 Å². The molecule has 1 saturated carbocycles. The van der Waals surface area contributed by atoms with Gasteiger partial charge in [-0.1, -0.05) is 6.42 Å². The van der Waals surface area contributed by atoms with Crippen LogP contribution in [0.4, 0.5) is 10.5 Å². The van der Waals surface area contributed by atoms with Gasteiger partial charge in [0.1, 0.15) is 5.75 Å². The Bertz CT molecular complexity index is 766. The number of fused-ring (bicyclic) bond motifs is 1. The second kappa shape index (κ2) is 7.46. The van der Waals surface area contributed by atoms with E-state index in [2.05, 4.69) is 10.6 Å². The van der Waals surface area contributed by atoms with E-state index in [-0.39, 0.29) is 31.0 Å². The van der Waals surface area contributed by atoms with Crippen molar-refractivity contribution in [1.29, 1.82) is 0 Å². The van der Waals surface area contributed by atoms with E-state index in [1.807, 2.05) is 6.92 Å². The molecule has 3 amide bonds. The number of amides is 3. The topological polar surface area (TPSA) is 108 Å². The van der Waals surface area contributed by atoms with Gasteiger partial charge in [-0.25, -0.2) is 4.79 Å². The molecule has 0 unspecified atom stereocenters. The van der Waals surface area contributed by atoms with Crippen LogP contribution >= 0.6 is 0 Å². The number of aliphatic carboxylic acids is 1. The average molecular weight is 375 g/mol. The molecule has 3 N–H and O–H groups in total. The number of likely N-dealkylation sites (N-methyl/N-ethyl adjacent to an activating group) is 1. The standard InChI is InChI=1S/C19H25N3O5/c1-12-8-14(27-10-16(23)20-2)5-6-15(12)21-18(26)22-9-13-4-3-7-19(13,11-22)17(24)25/h5-6,8,13H,3-4,7,9-11H2,1-2H3,(H,20,23)(H,21,26)(H,24,25)/t13-,19+/m0/s1. The van der Waals surface area contributed by atoms with Crippen molar-refractivity contribution in [1.82, 2.24) is 10.2 Å². The zero-order chi connectivity index (χ0) is 19.6. The fourth-order valence-corrected chi connectivity index (χ4v) is 4.08. The Balaban J connectivity index is 1.63. The van der Waals surface area contributed by atoms with E-state index in [9.17, 15) is 19.5 Å². The molecule has 146 valence electrons. The number of anilines is 1. The van der Waals surface area contributed by atoms with Gasteiger partial charge in [-0.2, -0.15) is 0 Å². The van der Waals surface area contributed by atoms with Gasteiger partial charge in [0.15, 0.2) is 6.61 Å². The number of carboxylic acids is 1. The second-order valence-electron chi connectivity index (χ2n) is 7.30. The molecule has 8 nitrogen and oxygen atoms in total. The molecule has 1 aliphatic heterocycles. The second-order valence-corrected chi connectivity index (χ2v) is 7.30. The lowest BCUT2D eigenvalue weighted by Gasteiger charge is -2.23. The first-order chi connectivity index (χ1) is 12.9. The zero-order valence-electron chi connectivity index (χ0n) is 15.6. The molecule has 3 rings (SSSR count). The molecule has 8 heteroatoms. The summed E-state index contributed by atoms with van der Waals surface area (Å²) in [7, 11) is 1.54. The number of aryl methyl sites for hydroxylation is 1. The Morgan fingerprint density at radius 1 is 1.37 bits per heavy atom. The number of hydrogen-bond acceptors (Lipinski definition) is 4. The van der Waals surface area contributed by atoms with Crippen molar-refractivity contribution in [2.75, 3.05) is 32.1 Å². The number of urea groups is 1. The van der Waals surface area contributed by atoms with Gasteiger partial charge in [0.25, 0.3) is 5.91 Å². The highest BCUT2D eigenvalue weighted by Crippen LogP contribution is 2.48. The molecule has 27 heavy (non-hydrogen) atoms. The normalized spacial score (nSPS) is 23.6. The number of hydrogen-bond donors (Lipinski definition) is 3. The van der Waals surface area contributed by atoms with E-state index in [0.29, 0.717) is 24.4 Å². The fourth-order valence-electron chi connectivity index (χ4n) is 4.08. The van der Waals surface area contributed by atoms with Crippen LogP contribution in [0.25, 0.3) is 0 Å². The lowest BCUT2D eigenvalue weighted by Crippen LogP contribution is -2.38. The predicted molar refractivity (Wildman–Crippen MR) is 98.7 cm³/mol. The van der Waals surface area contributed by atoms with Crippen molar-refractivity contribution in [3.05, 3.63) is 23.8 Å². The van der Waals surface area contributed by atoms with Gasteiger partial charge in [0.2, 0.25) is 0 Å². The summed E-state index contributed by atoms with van der Waals surface area (Å²) in [5.74, 6) is -0.456. The molecule has 1 saturated heterocycles. The minimum absolute atomic E-state index is 0.0299. The number of nitrogens with zero attached hydrogens (tertiary/aromatic N) is 1. The first-order valence-electron chi connectivity index (χ1n) is 9.09. The van der Waals surface area contributed by atoms with Crippen LogP contribution in [0.1, 0.15) is 24.8 Å². The number of ether oxygens (including phenoxy) is 1. The number of carboxylic acid groups (broad SMARTS) is 1. The number of nitrogens with one attached hydrogen (secondary N) is 2. The molecule has 0 aromatic heterocycles. The van der Waals surface area contributed by atoms with E-state index in [1.165, 1.54) is 7.05 Å². The summed E-state index contributed by atoms with van der Waals surface area (Å²) in [5, 5.41) is 15.0. The van der Waals surface area contributed by atoms with Crippen molar-refractivity contribution in [3.8, 4) is 5.75 Å². The fraction of sp³-hybridized carbons (Fsp3) is 0.526. The van der Waals surface area contributed by atoms with Gasteiger partial charge >= 0.3 is 12.0 Å². The molecule has 1 heterocycles. The molecule has 1 aromatic rings. The minimum atomic E-state index is -0.797. The van der Waals surface area contributed by atoms with E-state index >= 15 is 0 Å². The van der Waals surface area contributed by atoms with E-state index < -0.39 is 11.4 Å². The number of rotatable bonds is 5. The largest absolute Gasteiger partial charge is 0.484 e. The number of benzene rings is 1. The highest BCUT2D eigenvalue weighted by Gasteiger charge is 2.55. The third-order valence-electron chi connectivity index (χ3n) is 5.67. The van der Waals surface area contributed by atoms with Crippen LogP contribution in [-0.2, 0) is 9.59 Å². The van der Waals surface area contributed by atoms with E-state index in [4.69, 9.17) is 4.74 Å². The first kappa shape index (κ1) is 19.0. The third kappa shape index (κ3) is 3.70. The minimum Gasteiger partial charge on any atom is -0.484 e. The Morgan fingerprint density at radius 3 is 2.78 bits per heavy atom. The van der Waals surface area contributed by atoms with Crippen LogP contribution in [0, 0.1) is 18.3 Å². The zero-order valence-corrected chi connectivity index (χ0v) is 15.6. The Hall–Kier alpha value is -2.77. The quantitative estimate of drug-likeness (QED) is 0.728. The van der Waals surface area contributed by atoms with Crippen LogP contribution in [0.15, 0.2) is 18.2 Å². The maximum absolute atomic E-state index is 12.6. The Morgan fingerprint density at radius 2 is 2.15 bits per heavy atom. The Kier molecular flexibility index (Phi) is 5.25. The van der Waals surface area contributed by atoms with Gasteiger partial charge in [-0.05, 0) is 49.4 Å². The van der Waals surface area contributed by atoms with Crippen LogP contribution in [-0.4, -0.2) is 54.7 Å². The monoisotopic (exact) mass is 375 g/mol. The molecule has 0 bridgehead atoms. The summed E-state index contributed by atoms with van der Waals surface area (Å²) in [6.45, 7) is 2.49. The first-order valence-corrected chi connectivity index (χ1v) is 9.09. The summed E-state index contributed by atoms with van der Waals surface area (Å²) >= 11 is 0. The maximum atomic E-state index is 12.6. The van der Waals surface area contributed by atoms with Crippen LogP contribution < -0.4 is 15.4 Å². The van der Waals surface area contributed by atoms with E-state index in [1.54, 1.807) is 23.1 Å². The van der Waals surface area contributed by atoms with Crippen LogP contribution in [0.2, 0.25) is 0 Å². The number of carbonyl (C=O) groups is 3. The molecule has 1 aromatic carbocycles. The SMILES string of the molecule is CNC(=O)COc1ccc(NC(=O)N2C[C@@H]3CCC[C@@]3(C(=O)O)C2)c(C)c1. The lowest BCUT2D eigenvalue weighted by molar-refractivity contribution is -0.149. The van der Waals surface area contributed by atoms with Crippen LogP contribution in [0.5, 0.6) is 5.75 Å². The third-order valence-corrected chi connectivity index (χ3v) is 5.67. The van der Waals surface area contributed by atoms with Crippen molar-refractivity contribution in [2.45, 2.75) is 26.2 Å². The molecule has 2 aliphatic rings. The van der Waals surface area contributed by atoms with Gasteiger partial charge in [-0.15, -0.1) is 0 Å². The molecule has 1 aliphatic carbocycles. The van der Waals surface area contributed by atoms with E-state index in [0.717, 1.165) is 18.4 Å².